The first kappa shape index (κ1) is 106. The average molecular weight is 1980 g/mol. The first-order chi connectivity index (χ1) is 68.6. The van der Waals surface area contributed by atoms with Gasteiger partial charge in [0.05, 0.1) is 112 Å². The number of halogens is 6. The van der Waals surface area contributed by atoms with Gasteiger partial charge in [0.1, 0.15) is 84.8 Å². The van der Waals surface area contributed by atoms with Crippen molar-refractivity contribution in [2.75, 3.05) is 64.0 Å². The summed E-state index contributed by atoms with van der Waals surface area (Å²) in [5, 5.41) is 15.0. The minimum Gasteiger partial charge on any atom is -0.493 e. The molecule has 0 radical (unpaired) electrons. The van der Waals surface area contributed by atoms with Gasteiger partial charge in [0.15, 0.2) is 0 Å². The quantitative estimate of drug-likeness (QED) is 0.0175. The molecular weight excluding hydrogens is 1880 g/mol. The molecular formula is C111H106Cl5FN10O13. The predicted octanol–water partition coefficient (Wildman–Crippen LogP) is 26.7. The van der Waals surface area contributed by atoms with Gasteiger partial charge in [0.2, 0.25) is 0 Å². The molecule has 0 spiro atoms. The van der Waals surface area contributed by atoms with Gasteiger partial charge < -0.3 is 64.5 Å². The standard InChI is InChI=1S/C25H27ClN2O3.C24H25ClN2O3.C23H23ClN2O3.C20H17ClN2O2.C19H14ClFN2O2/c26-15-7-1-2-8-17-30-23-13-5-3-10-20(23)19-31-24-14-6-4-12-22(24)25(29)28-21-11-9-16-27-18-21;25-14-6-1-7-16-29-22-12-4-2-9-19(22)18-30-23-13-5-3-11-21(23)24(28)27-20-10-8-15-26-17-20;24-13-5-6-15-28-21-11-3-1-8-18(21)17-29-22-12-4-2-10-20(22)23(27)26-19-9-7-14-25-16-19;1-14-8-9-18(21)15(11-14)13-25-19-7-3-2-6-17(19)20(24)23-16-5-4-10-22-12-16;20-16-7-3-8-17(21)15(16)12-25-18-9-2-1-6-14(18)19(24)23-13-5-4-10-22-11-13/h3-6,9-14,16,18H,1-2,7-8,15,17,19H2,(H,28,29);2-5,8-13,15,17H,1,6-7,14,16,18H2,(H,27,28);1-4,7-12,14,16H,5-6,13,15,17H2,(H,26,27);2-12H,13H2,1H3,(H,23,24);1-11H,12H2,(H,23,24). The van der Waals surface area contributed by atoms with Crippen LogP contribution in [0.3, 0.4) is 0 Å². The fourth-order valence-electron chi connectivity index (χ4n) is 13.3. The molecule has 0 atom stereocenters. The Hall–Kier alpha value is -14.9. The molecule has 0 aliphatic heterocycles. The molecule has 0 aliphatic carbocycles. The number of hydrogen-bond donors (Lipinski definition) is 5. The number of unbranched alkanes of at least 4 members (excludes halogenated alkanes) is 6. The van der Waals surface area contributed by atoms with Gasteiger partial charge in [-0.3, -0.25) is 48.9 Å². The molecule has 5 amide bonds. The van der Waals surface area contributed by atoms with Gasteiger partial charge in [0.25, 0.3) is 29.5 Å². The zero-order valence-corrected chi connectivity index (χ0v) is 80.7. The van der Waals surface area contributed by atoms with Crippen molar-refractivity contribution in [2.24, 2.45) is 0 Å². The number of amides is 5. The minimum absolute atomic E-state index is 0.0807. The average Bonchev–Trinajstić information content (AvgIpc) is 0.851. The maximum atomic E-state index is 13.8. The highest BCUT2D eigenvalue weighted by molar-refractivity contribution is 6.31. The number of para-hydroxylation sites is 8. The van der Waals surface area contributed by atoms with E-state index < -0.39 is 5.82 Å². The van der Waals surface area contributed by atoms with Gasteiger partial charge in [-0.15, -0.1) is 34.8 Å². The van der Waals surface area contributed by atoms with Crippen LogP contribution in [-0.2, 0) is 33.0 Å². The Kier molecular flexibility index (Phi) is 45.2. The normalized spacial score (nSPS) is 10.4. The highest BCUT2D eigenvalue weighted by Crippen LogP contribution is 2.32. The van der Waals surface area contributed by atoms with Crippen LogP contribution in [0.25, 0.3) is 0 Å². The fourth-order valence-corrected chi connectivity index (χ4v) is 14.2. The molecule has 15 rings (SSSR count). The number of rotatable bonds is 43. The summed E-state index contributed by atoms with van der Waals surface area (Å²) in [6, 6.07) is 86.5. The van der Waals surface area contributed by atoms with Crippen LogP contribution in [0.15, 0.2) is 353 Å². The molecule has 0 unspecified atom stereocenters. The maximum Gasteiger partial charge on any atom is 0.259 e. The van der Waals surface area contributed by atoms with Crippen LogP contribution in [0, 0.1) is 12.7 Å². The second-order valence-electron chi connectivity index (χ2n) is 30.8. The molecule has 5 aromatic heterocycles. The number of alkyl halides is 3. The lowest BCUT2D eigenvalue weighted by Crippen LogP contribution is -2.14. The van der Waals surface area contributed by atoms with Crippen LogP contribution in [0.2, 0.25) is 10.0 Å². The highest BCUT2D eigenvalue weighted by Gasteiger charge is 2.21. The van der Waals surface area contributed by atoms with Gasteiger partial charge in [-0.2, -0.15) is 0 Å². The van der Waals surface area contributed by atoms with Crippen molar-refractivity contribution in [3.8, 4) is 46.0 Å². The zero-order chi connectivity index (χ0) is 98.4. The van der Waals surface area contributed by atoms with Gasteiger partial charge in [-0.1, -0.05) is 175 Å². The van der Waals surface area contributed by atoms with Gasteiger partial charge >= 0.3 is 0 Å². The molecule has 0 fully saturated rings. The van der Waals surface area contributed by atoms with E-state index in [4.69, 9.17) is 95.9 Å². The number of hydrogen-bond acceptors (Lipinski definition) is 18. The lowest BCUT2D eigenvalue weighted by atomic mass is 10.1. The Morgan fingerprint density at radius 3 is 0.829 bits per heavy atom. The molecule has 0 saturated heterocycles. The first-order valence-electron chi connectivity index (χ1n) is 45.3. The van der Waals surface area contributed by atoms with Gasteiger partial charge in [-0.05, 0) is 210 Å². The lowest BCUT2D eigenvalue weighted by Gasteiger charge is -2.14. The molecule has 5 heterocycles. The van der Waals surface area contributed by atoms with Crippen molar-refractivity contribution in [1.29, 1.82) is 0 Å². The van der Waals surface area contributed by atoms with Crippen LogP contribution in [0.5, 0.6) is 46.0 Å². The number of carbonyl (C=O) groups excluding carboxylic acids is 5. The van der Waals surface area contributed by atoms with E-state index in [1.165, 1.54) is 12.1 Å². The van der Waals surface area contributed by atoms with E-state index >= 15 is 0 Å². The number of nitrogens with zero attached hydrogens (tertiary/aromatic N) is 5. The maximum absolute atomic E-state index is 13.8. The number of pyridine rings is 5. The summed E-state index contributed by atoms with van der Waals surface area (Å²) in [6.07, 6.45) is 25.2. The second-order valence-corrected chi connectivity index (χ2v) is 32.8. The Bertz CT molecular complexity index is 6320. The van der Waals surface area contributed by atoms with Crippen LogP contribution in [-0.4, -0.2) is 91.9 Å². The van der Waals surface area contributed by atoms with Crippen molar-refractivity contribution in [2.45, 2.75) is 97.7 Å². The molecule has 15 aromatic rings. The van der Waals surface area contributed by atoms with Crippen LogP contribution < -0.4 is 64.5 Å². The number of carbonyl (C=O) groups is 5. The molecule has 29 heteroatoms. The Balaban J connectivity index is 0.000000168. The third kappa shape index (κ3) is 35.9. The van der Waals surface area contributed by atoms with Crippen molar-refractivity contribution in [3.63, 3.8) is 0 Å². The van der Waals surface area contributed by atoms with E-state index in [1.807, 2.05) is 134 Å². The molecule has 0 bridgehead atoms. The molecule has 0 saturated carbocycles. The summed E-state index contributed by atoms with van der Waals surface area (Å²) in [6.45, 7) is 5.00. The molecule has 140 heavy (non-hydrogen) atoms. The zero-order valence-electron chi connectivity index (χ0n) is 76.9. The molecule has 720 valence electrons. The van der Waals surface area contributed by atoms with Crippen LogP contribution >= 0.6 is 58.0 Å². The predicted molar refractivity (Wildman–Crippen MR) is 552 cm³/mol. The molecule has 10 aromatic carbocycles. The minimum atomic E-state index is -0.454. The van der Waals surface area contributed by atoms with Crippen molar-refractivity contribution in [1.82, 2.24) is 24.9 Å². The number of benzene rings is 10. The number of nitrogens with one attached hydrogen (secondary N) is 5. The molecule has 23 nitrogen and oxygen atoms in total. The number of anilines is 5. The van der Waals surface area contributed by atoms with Gasteiger partial charge in [-0.25, -0.2) is 4.39 Å². The van der Waals surface area contributed by atoms with Crippen molar-refractivity contribution in [3.05, 3.63) is 430 Å². The van der Waals surface area contributed by atoms with E-state index in [0.717, 1.165) is 103 Å². The van der Waals surface area contributed by atoms with E-state index in [1.54, 1.807) is 214 Å². The summed E-state index contributed by atoms with van der Waals surface area (Å²) < 4.78 is 61.1. The Morgan fingerprint density at radius 2 is 0.529 bits per heavy atom. The van der Waals surface area contributed by atoms with E-state index in [-0.39, 0.29) is 53.3 Å². The van der Waals surface area contributed by atoms with Crippen molar-refractivity contribution >= 4 is 116 Å². The van der Waals surface area contributed by atoms with Crippen molar-refractivity contribution < 1.29 is 66.3 Å². The third-order valence-electron chi connectivity index (χ3n) is 20.4. The molecule has 5 N–H and O–H groups in total. The van der Waals surface area contributed by atoms with Gasteiger partial charge in [0, 0.05) is 81.5 Å². The monoisotopic (exact) mass is 1980 g/mol. The van der Waals surface area contributed by atoms with E-state index in [2.05, 4.69) is 51.5 Å². The summed E-state index contributed by atoms with van der Waals surface area (Å²) >= 11 is 29.3. The first-order valence-corrected chi connectivity index (χ1v) is 47.6. The van der Waals surface area contributed by atoms with E-state index in [0.29, 0.717) is 147 Å². The largest absolute Gasteiger partial charge is 0.493 e. The fraction of sp³-hybridized carbons (Fsp3) is 0.189. The topological polar surface area (TPSA) is 284 Å². The number of aromatic nitrogens is 5. The SMILES string of the molecule is Cc1ccc(Cl)c(COc2ccccc2C(=O)Nc2cccnc2)c1.O=C(Nc1cccnc1)c1ccccc1OCc1c(F)cccc1Cl.O=C(Nc1cccnc1)c1ccccc1OCc1ccccc1OCCCCCCCl.O=C(Nc1cccnc1)c1ccccc1OCc1ccccc1OCCCCCCl.O=C(Nc1cccnc1)c1ccccc1OCc1ccccc1OCCCCCl. The van der Waals surface area contributed by atoms with Crippen LogP contribution in [0.1, 0.15) is 143 Å². The van der Waals surface area contributed by atoms with Crippen LogP contribution in [0.4, 0.5) is 32.8 Å². The third-order valence-corrected chi connectivity index (χ3v) is 22.0. The summed E-state index contributed by atoms with van der Waals surface area (Å²) in [4.78, 5) is 83.0. The number of ether oxygens (including phenoxy) is 8. The summed E-state index contributed by atoms with van der Waals surface area (Å²) in [5.74, 6) is 4.97. The molecule has 0 aliphatic rings. The Morgan fingerprint density at radius 1 is 0.264 bits per heavy atom. The second kappa shape index (κ2) is 59.9. The lowest BCUT2D eigenvalue weighted by molar-refractivity contribution is 0.101. The number of aryl methyl sites for hydroxylation is 1. The summed E-state index contributed by atoms with van der Waals surface area (Å²) in [5.41, 5.74) is 10.3. The smallest absolute Gasteiger partial charge is 0.259 e. The highest BCUT2D eigenvalue weighted by atomic mass is 35.5. The van der Waals surface area contributed by atoms with E-state index in [9.17, 15) is 28.4 Å². The Labute approximate surface area is 839 Å². The summed E-state index contributed by atoms with van der Waals surface area (Å²) in [7, 11) is 0.